The highest BCUT2D eigenvalue weighted by atomic mass is 32.1. The number of hydrogen-bond donors (Lipinski definition) is 3. The summed E-state index contributed by atoms with van der Waals surface area (Å²) in [7, 11) is 0. The lowest BCUT2D eigenvalue weighted by molar-refractivity contribution is 0.252. The van der Waals surface area contributed by atoms with Crippen molar-refractivity contribution in [2.75, 3.05) is 5.32 Å². The molecule has 2 rings (SSSR count). The van der Waals surface area contributed by atoms with Crippen molar-refractivity contribution >= 4 is 34.6 Å². The van der Waals surface area contributed by atoms with Gasteiger partial charge in [-0.25, -0.2) is 4.79 Å². The van der Waals surface area contributed by atoms with Crippen LogP contribution in [0, 0.1) is 3.95 Å². The van der Waals surface area contributed by atoms with Gasteiger partial charge in [0.2, 0.25) is 0 Å². The molecular weight excluding hydrogens is 254 g/mol. The van der Waals surface area contributed by atoms with Gasteiger partial charge in [0.1, 0.15) is 5.00 Å². The summed E-state index contributed by atoms with van der Waals surface area (Å²) < 4.78 is 0.642. The van der Waals surface area contributed by atoms with Gasteiger partial charge in [-0.3, -0.25) is 5.32 Å². The number of benzene rings is 1. The topological polar surface area (TPSA) is 56.9 Å². The molecule has 2 amide bonds. The largest absolute Gasteiger partial charge is 0.342 e. The normalized spacial score (nSPS) is 9.88. The minimum absolute atomic E-state index is 0.237. The summed E-state index contributed by atoms with van der Waals surface area (Å²) in [5.41, 5.74) is 1.06. The maximum absolute atomic E-state index is 11.5. The highest BCUT2D eigenvalue weighted by Crippen LogP contribution is 2.14. The fourth-order valence-electron chi connectivity index (χ4n) is 1.28. The third kappa shape index (κ3) is 3.69. The van der Waals surface area contributed by atoms with Crippen LogP contribution in [0.15, 0.2) is 36.5 Å². The third-order valence-corrected chi connectivity index (χ3v) is 3.17. The van der Waals surface area contributed by atoms with Crippen LogP contribution in [0.1, 0.15) is 5.56 Å². The molecule has 0 spiro atoms. The molecule has 0 radical (unpaired) electrons. The van der Waals surface area contributed by atoms with Crippen molar-refractivity contribution < 1.29 is 4.79 Å². The Morgan fingerprint density at radius 3 is 2.76 bits per heavy atom. The van der Waals surface area contributed by atoms with E-state index in [0.29, 0.717) is 15.5 Å². The first-order valence-electron chi connectivity index (χ1n) is 5.01. The van der Waals surface area contributed by atoms with E-state index in [0.717, 1.165) is 5.56 Å². The zero-order chi connectivity index (χ0) is 12.1. The van der Waals surface area contributed by atoms with Crippen LogP contribution in [0.5, 0.6) is 0 Å². The second-order valence-corrected chi connectivity index (χ2v) is 5.05. The monoisotopic (exact) mass is 265 g/mol. The summed E-state index contributed by atoms with van der Waals surface area (Å²) in [5.74, 6) is 0. The molecule has 2 aromatic rings. The van der Waals surface area contributed by atoms with Gasteiger partial charge in [-0.2, -0.15) is 0 Å². The van der Waals surface area contributed by atoms with Crippen molar-refractivity contribution in [3.05, 3.63) is 46.0 Å². The van der Waals surface area contributed by atoms with Gasteiger partial charge in [-0.1, -0.05) is 41.7 Å². The number of carbonyl (C=O) groups excluding carboxylic acids is 1. The van der Waals surface area contributed by atoms with E-state index < -0.39 is 0 Å². The van der Waals surface area contributed by atoms with Crippen LogP contribution in [0.25, 0.3) is 0 Å². The Hall–Kier alpha value is -1.66. The van der Waals surface area contributed by atoms with Crippen molar-refractivity contribution in [2.45, 2.75) is 6.54 Å². The summed E-state index contributed by atoms with van der Waals surface area (Å²) in [4.78, 5) is 14.4. The van der Waals surface area contributed by atoms with Gasteiger partial charge in [0.05, 0.1) is 0 Å². The highest BCUT2D eigenvalue weighted by molar-refractivity contribution is 7.73. The van der Waals surface area contributed by atoms with E-state index in [4.69, 9.17) is 12.2 Å². The molecule has 0 aliphatic rings. The van der Waals surface area contributed by atoms with E-state index in [1.165, 1.54) is 11.3 Å². The molecule has 1 heterocycles. The lowest BCUT2D eigenvalue weighted by Crippen LogP contribution is -2.27. The minimum Gasteiger partial charge on any atom is -0.342 e. The fourth-order valence-corrected chi connectivity index (χ4v) is 2.19. The van der Waals surface area contributed by atoms with Crippen LogP contribution in [0.3, 0.4) is 0 Å². The number of hydrogen-bond acceptors (Lipinski definition) is 3. The molecule has 1 aromatic carbocycles. The van der Waals surface area contributed by atoms with Crippen LogP contribution in [-0.4, -0.2) is 11.0 Å². The Balaban J connectivity index is 1.84. The molecule has 0 bridgehead atoms. The Morgan fingerprint density at radius 2 is 2.12 bits per heavy atom. The van der Waals surface area contributed by atoms with Crippen LogP contribution < -0.4 is 10.6 Å². The Bertz CT molecular complexity index is 547. The van der Waals surface area contributed by atoms with E-state index in [1.807, 2.05) is 30.3 Å². The van der Waals surface area contributed by atoms with E-state index in [-0.39, 0.29) is 6.03 Å². The number of carbonyl (C=O) groups is 1. The lowest BCUT2D eigenvalue weighted by atomic mass is 10.2. The number of aromatic amines is 1. The lowest BCUT2D eigenvalue weighted by Gasteiger charge is -2.05. The Kier molecular flexibility index (Phi) is 3.89. The zero-order valence-corrected chi connectivity index (χ0v) is 10.5. The predicted molar refractivity (Wildman–Crippen MR) is 71.8 cm³/mol. The molecule has 0 unspecified atom stereocenters. The smallest absolute Gasteiger partial charge is 0.320 e. The molecular formula is C11H11N3OS2. The number of urea groups is 1. The van der Waals surface area contributed by atoms with Crippen LogP contribution in [0.2, 0.25) is 0 Å². The molecule has 6 heteroatoms. The molecule has 0 aliphatic carbocycles. The van der Waals surface area contributed by atoms with Gasteiger partial charge >= 0.3 is 6.03 Å². The van der Waals surface area contributed by atoms with Gasteiger partial charge in [0, 0.05) is 12.7 Å². The number of nitrogens with one attached hydrogen (secondary N) is 3. The summed E-state index contributed by atoms with van der Waals surface area (Å²) in [6.45, 7) is 0.502. The first-order chi connectivity index (χ1) is 8.24. The molecule has 17 heavy (non-hydrogen) atoms. The van der Waals surface area contributed by atoms with Gasteiger partial charge in [0.15, 0.2) is 3.95 Å². The first kappa shape index (κ1) is 11.8. The number of H-pyrrole nitrogens is 1. The fraction of sp³-hybridized carbons (Fsp3) is 0.0909. The summed E-state index contributed by atoms with van der Waals surface area (Å²) in [6.07, 6.45) is 1.68. The van der Waals surface area contributed by atoms with E-state index in [9.17, 15) is 4.79 Å². The van der Waals surface area contributed by atoms with E-state index >= 15 is 0 Å². The van der Waals surface area contributed by atoms with E-state index in [2.05, 4.69) is 15.6 Å². The summed E-state index contributed by atoms with van der Waals surface area (Å²) >= 11 is 6.24. The maximum Gasteiger partial charge on any atom is 0.320 e. The maximum atomic E-state index is 11.5. The highest BCUT2D eigenvalue weighted by Gasteiger charge is 2.02. The van der Waals surface area contributed by atoms with Gasteiger partial charge in [-0.05, 0) is 17.8 Å². The standard InChI is InChI=1S/C11H11N3OS2/c15-10(14-9-7-13-11(16)17-9)12-6-8-4-2-1-3-5-8/h1-5,7H,6H2,(H,13,16)(H2,12,14,15). The molecule has 0 atom stereocenters. The second kappa shape index (κ2) is 5.60. The molecule has 0 aliphatic heterocycles. The van der Waals surface area contributed by atoms with Crippen LogP contribution >= 0.6 is 23.6 Å². The van der Waals surface area contributed by atoms with Gasteiger partial charge < -0.3 is 10.3 Å². The number of rotatable bonds is 3. The van der Waals surface area contributed by atoms with Crippen molar-refractivity contribution in [1.29, 1.82) is 0 Å². The van der Waals surface area contributed by atoms with Crippen LogP contribution in [0.4, 0.5) is 9.80 Å². The molecule has 3 N–H and O–H groups in total. The predicted octanol–water partition coefficient (Wildman–Crippen LogP) is 3.13. The quantitative estimate of drug-likeness (QED) is 0.747. The van der Waals surface area contributed by atoms with Crippen molar-refractivity contribution in [1.82, 2.24) is 10.3 Å². The SMILES string of the molecule is O=C(NCc1ccccc1)Nc1c[nH]c(=S)s1. The average Bonchev–Trinajstić information content (AvgIpc) is 2.73. The van der Waals surface area contributed by atoms with Crippen molar-refractivity contribution in [3.8, 4) is 0 Å². The second-order valence-electron chi connectivity index (χ2n) is 3.34. The first-order valence-corrected chi connectivity index (χ1v) is 6.24. The Morgan fingerprint density at radius 1 is 1.35 bits per heavy atom. The molecule has 0 saturated carbocycles. The zero-order valence-electron chi connectivity index (χ0n) is 8.90. The summed E-state index contributed by atoms with van der Waals surface area (Å²) in [5, 5.41) is 6.18. The number of amides is 2. The number of aromatic nitrogens is 1. The molecule has 0 saturated heterocycles. The number of anilines is 1. The third-order valence-electron chi connectivity index (χ3n) is 2.06. The summed E-state index contributed by atoms with van der Waals surface area (Å²) in [6, 6.07) is 9.50. The number of thiazole rings is 1. The average molecular weight is 265 g/mol. The molecule has 1 aromatic heterocycles. The molecule has 88 valence electrons. The minimum atomic E-state index is -0.237. The Labute approximate surface area is 108 Å². The van der Waals surface area contributed by atoms with Gasteiger partial charge in [0.25, 0.3) is 0 Å². The molecule has 4 nitrogen and oxygen atoms in total. The van der Waals surface area contributed by atoms with Crippen molar-refractivity contribution in [3.63, 3.8) is 0 Å². The van der Waals surface area contributed by atoms with Crippen LogP contribution in [-0.2, 0) is 6.54 Å². The van der Waals surface area contributed by atoms with E-state index in [1.54, 1.807) is 6.20 Å². The molecule has 0 fully saturated rings. The van der Waals surface area contributed by atoms with Crippen molar-refractivity contribution in [2.24, 2.45) is 0 Å². The van der Waals surface area contributed by atoms with Gasteiger partial charge in [-0.15, -0.1) is 0 Å².